The third-order valence-corrected chi connectivity index (χ3v) is 1.26. The van der Waals surface area contributed by atoms with Crippen molar-refractivity contribution in [3.63, 3.8) is 0 Å². The fourth-order valence-corrected chi connectivity index (χ4v) is 0.804. The highest BCUT2D eigenvalue weighted by Gasteiger charge is 2.30. The van der Waals surface area contributed by atoms with E-state index in [0.29, 0.717) is 0 Å². The summed E-state index contributed by atoms with van der Waals surface area (Å²) in [4.78, 5) is 31.5. The second-order valence-corrected chi connectivity index (χ2v) is 2.19. The number of urea groups is 1. The van der Waals surface area contributed by atoms with Crippen LogP contribution in [0.4, 0.5) is 4.79 Å². The Morgan fingerprint density at radius 3 is 2.55 bits per heavy atom. The second-order valence-electron chi connectivity index (χ2n) is 2.19. The first-order valence-electron chi connectivity index (χ1n) is 2.99. The first-order chi connectivity index (χ1) is 5.09. The Balaban J connectivity index is 2.53. The predicted octanol–water partition coefficient (Wildman–Crippen LogP) is -1.93. The van der Waals surface area contributed by atoms with Gasteiger partial charge in [0.25, 0.3) is 5.91 Å². The van der Waals surface area contributed by atoms with E-state index in [9.17, 15) is 14.4 Å². The number of amides is 4. The summed E-state index contributed by atoms with van der Waals surface area (Å²) < 4.78 is 0. The monoisotopic (exact) mass is 157 g/mol. The largest absolute Gasteiger partial charge is 0.370 e. The summed E-state index contributed by atoms with van der Waals surface area (Å²) >= 11 is 0. The lowest BCUT2D eigenvalue weighted by atomic mass is 10.2. The molecule has 0 aromatic rings. The van der Waals surface area contributed by atoms with Crippen LogP contribution >= 0.6 is 0 Å². The molecular formula is C5H7N3O3. The van der Waals surface area contributed by atoms with Crippen LogP contribution in [0.3, 0.4) is 0 Å². The van der Waals surface area contributed by atoms with Gasteiger partial charge in [0.2, 0.25) is 5.91 Å². The lowest BCUT2D eigenvalue weighted by molar-refractivity contribution is -0.124. The molecule has 6 heteroatoms. The Labute approximate surface area is 62.1 Å². The second kappa shape index (κ2) is 2.57. The zero-order chi connectivity index (χ0) is 8.43. The Bertz CT molecular complexity index is 225. The lowest BCUT2D eigenvalue weighted by Gasteiger charge is -2.01. The SMILES string of the molecule is NC(=O)C[C@H]1NC(=O)NC1=O. The van der Waals surface area contributed by atoms with E-state index < -0.39 is 23.9 Å². The quantitative estimate of drug-likeness (QED) is 0.407. The summed E-state index contributed by atoms with van der Waals surface area (Å²) in [6, 6.07) is -1.37. The van der Waals surface area contributed by atoms with E-state index >= 15 is 0 Å². The predicted molar refractivity (Wildman–Crippen MR) is 34.3 cm³/mol. The maximum absolute atomic E-state index is 10.7. The first kappa shape index (κ1) is 7.52. The number of imide groups is 1. The Kier molecular flexibility index (Phi) is 1.75. The van der Waals surface area contributed by atoms with Gasteiger partial charge < -0.3 is 11.1 Å². The van der Waals surface area contributed by atoms with Crippen LogP contribution in [0, 0.1) is 0 Å². The van der Waals surface area contributed by atoms with Crippen molar-refractivity contribution in [1.82, 2.24) is 10.6 Å². The van der Waals surface area contributed by atoms with Crippen molar-refractivity contribution < 1.29 is 14.4 Å². The van der Waals surface area contributed by atoms with Crippen LogP contribution in [0.2, 0.25) is 0 Å². The molecule has 1 atom stereocenters. The fourth-order valence-electron chi connectivity index (χ4n) is 0.804. The number of carbonyl (C=O) groups is 3. The van der Waals surface area contributed by atoms with Gasteiger partial charge >= 0.3 is 6.03 Å². The molecule has 0 saturated carbocycles. The summed E-state index contributed by atoms with van der Waals surface area (Å²) in [6.07, 6.45) is -0.155. The van der Waals surface area contributed by atoms with E-state index in [4.69, 9.17) is 5.73 Å². The minimum absolute atomic E-state index is 0.155. The zero-order valence-corrected chi connectivity index (χ0v) is 5.59. The molecule has 11 heavy (non-hydrogen) atoms. The molecule has 0 bridgehead atoms. The first-order valence-corrected chi connectivity index (χ1v) is 2.99. The van der Waals surface area contributed by atoms with Crippen LogP contribution in [-0.2, 0) is 9.59 Å². The highest BCUT2D eigenvalue weighted by Crippen LogP contribution is 1.96. The number of nitrogens with one attached hydrogen (secondary N) is 2. The van der Waals surface area contributed by atoms with Gasteiger partial charge in [-0.15, -0.1) is 0 Å². The van der Waals surface area contributed by atoms with Crippen molar-refractivity contribution in [2.75, 3.05) is 0 Å². The number of hydrogen-bond acceptors (Lipinski definition) is 3. The molecule has 0 unspecified atom stereocenters. The van der Waals surface area contributed by atoms with E-state index in [-0.39, 0.29) is 6.42 Å². The van der Waals surface area contributed by atoms with Crippen LogP contribution < -0.4 is 16.4 Å². The summed E-state index contributed by atoms with van der Waals surface area (Å²) in [5.41, 5.74) is 4.81. The molecule has 60 valence electrons. The average molecular weight is 157 g/mol. The van der Waals surface area contributed by atoms with Gasteiger partial charge in [0.05, 0.1) is 6.42 Å². The zero-order valence-electron chi connectivity index (χ0n) is 5.59. The molecule has 1 saturated heterocycles. The number of rotatable bonds is 2. The Hall–Kier alpha value is -1.59. The van der Waals surface area contributed by atoms with Crippen molar-refractivity contribution in [3.05, 3.63) is 0 Å². The van der Waals surface area contributed by atoms with Gasteiger partial charge in [-0.3, -0.25) is 14.9 Å². The molecule has 6 nitrogen and oxygen atoms in total. The molecule has 4 amide bonds. The summed E-state index contributed by atoms with van der Waals surface area (Å²) in [7, 11) is 0. The molecular weight excluding hydrogens is 150 g/mol. The Morgan fingerprint density at radius 1 is 1.55 bits per heavy atom. The lowest BCUT2D eigenvalue weighted by Crippen LogP contribution is -2.33. The van der Waals surface area contributed by atoms with Crippen LogP contribution in [0.1, 0.15) is 6.42 Å². The summed E-state index contributed by atoms with van der Waals surface area (Å²) in [6.45, 7) is 0. The maximum atomic E-state index is 10.7. The van der Waals surface area contributed by atoms with E-state index in [0.717, 1.165) is 0 Å². The number of carbonyl (C=O) groups excluding carboxylic acids is 3. The molecule has 0 radical (unpaired) electrons. The van der Waals surface area contributed by atoms with Gasteiger partial charge in [-0.1, -0.05) is 0 Å². The molecule has 1 rings (SSSR count). The van der Waals surface area contributed by atoms with Crippen molar-refractivity contribution >= 4 is 17.8 Å². The van der Waals surface area contributed by atoms with Gasteiger partial charge in [-0.25, -0.2) is 4.79 Å². The molecule has 0 aromatic carbocycles. The van der Waals surface area contributed by atoms with E-state index in [1.807, 2.05) is 5.32 Å². The van der Waals surface area contributed by atoms with Gasteiger partial charge in [0.1, 0.15) is 6.04 Å². The summed E-state index contributed by atoms with van der Waals surface area (Å²) in [5.74, 6) is -1.12. The van der Waals surface area contributed by atoms with Crippen molar-refractivity contribution in [1.29, 1.82) is 0 Å². The molecule has 1 aliphatic heterocycles. The van der Waals surface area contributed by atoms with Gasteiger partial charge in [0.15, 0.2) is 0 Å². The molecule has 1 heterocycles. The van der Waals surface area contributed by atoms with Crippen LogP contribution in [0.5, 0.6) is 0 Å². The van der Waals surface area contributed by atoms with Crippen LogP contribution in [0.25, 0.3) is 0 Å². The standard InChI is InChI=1S/C5H7N3O3/c6-3(9)1-2-4(10)8-5(11)7-2/h2H,1H2,(H2,6,9)(H2,7,8,10,11)/t2-/m1/s1. The number of primary amides is 1. The van der Waals surface area contributed by atoms with Crippen LogP contribution in [0.15, 0.2) is 0 Å². The molecule has 4 N–H and O–H groups in total. The Morgan fingerprint density at radius 2 is 2.18 bits per heavy atom. The highest BCUT2D eigenvalue weighted by molar-refractivity contribution is 6.05. The number of hydrogen-bond donors (Lipinski definition) is 3. The molecule has 0 aliphatic carbocycles. The third kappa shape index (κ3) is 1.66. The van der Waals surface area contributed by atoms with Crippen molar-refractivity contribution in [2.45, 2.75) is 12.5 Å². The molecule has 1 fully saturated rings. The highest BCUT2D eigenvalue weighted by atomic mass is 16.2. The van der Waals surface area contributed by atoms with Gasteiger partial charge in [0, 0.05) is 0 Å². The molecule has 0 spiro atoms. The minimum atomic E-state index is -0.792. The molecule has 0 aromatic heterocycles. The maximum Gasteiger partial charge on any atom is 0.322 e. The molecule has 1 aliphatic rings. The van der Waals surface area contributed by atoms with Crippen molar-refractivity contribution in [3.8, 4) is 0 Å². The normalized spacial score (nSPS) is 22.7. The van der Waals surface area contributed by atoms with E-state index in [2.05, 4.69) is 5.32 Å². The summed E-state index contributed by atoms with van der Waals surface area (Å²) in [5, 5.41) is 4.21. The van der Waals surface area contributed by atoms with Gasteiger partial charge in [-0.05, 0) is 0 Å². The average Bonchev–Trinajstić information content (AvgIpc) is 2.09. The topological polar surface area (TPSA) is 101 Å². The van der Waals surface area contributed by atoms with Gasteiger partial charge in [-0.2, -0.15) is 0 Å². The smallest absolute Gasteiger partial charge is 0.322 e. The van der Waals surface area contributed by atoms with E-state index in [1.54, 1.807) is 0 Å². The fraction of sp³-hybridized carbons (Fsp3) is 0.400. The van der Waals surface area contributed by atoms with E-state index in [1.165, 1.54) is 0 Å². The third-order valence-electron chi connectivity index (χ3n) is 1.26. The van der Waals surface area contributed by atoms with Crippen LogP contribution in [-0.4, -0.2) is 23.9 Å². The van der Waals surface area contributed by atoms with Crippen molar-refractivity contribution in [2.24, 2.45) is 5.73 Å². The minimum Gasteiger partial charge on any atom is -0.370 e. The number of nitrogens with two attached hydrogens (primary N) is 1.